The number of benzene rings is 1. The molecule has 0 saturated carbocycles. The van der Waals surface area contributed by atoms with Gasteiger partial charge in [-0.25, -0.2) is 8.78 Å². The van der Waals surface area contributed by atoms with Crippen molar-refractivity contribution in [2.24, 2.45) is 7.05 Å². The summed E-state index contributed by atoms with van der Waals surface area (Å²) in [5.74, 6) is -0.687. The van der Waals surface area contributed by atoms with Crippen molar-refractivity contribution in [3.8, 4) is 22.1 Å². The van der Waals surface area contributed by atoms with Crippen LogP contribution in [0.2, 0.25) is 0 Å². The summed E-state index contributed by atoms with van der Waals surface area (Å²) in [6.45, 7) is -0.103. The Balaban J connectivity index is 1.55. The van der Waals surface area contributed by atoms with Gasteiger partial charge in [-0.2, -0.15) is 13.2 Å². The molecule has 0 atom stereocenters. The second kappa shape index (κ2) is 11.1. The highest BCUT2D eigenvalue weighted by Gasteiger charge is 2.30. The second-order valence-corrected chi connectivity index (χ2v) is 8.91. The first-order valence-electron chi connectivity index (χ1n) is 10.9. The number of ether oxygens (including phenoxy) is 2. The molecule has 3 aromatic heterocycles. The van der Waals surface area contributed by atoms with Gasteiger partial charge in [0.1, 0.15) is 18.1 Å². The van der Waals surface area contributed by atoms with Gasteiger partial charge in [0, 0.05) is 30.4 Å². The fourth-order valence-electron chi connectivity index (χ4n) is 3.40. The molecule has 15 heteroatoms. The lowest BCUT2D eigenvalue weighted by molar-refractivity contribution is -0.137. The van der Waals surface area contributed by atoms with Gasteiger partial charge >= 0.3 is 6.18 Å². The summed E-state index contributed by atoms with van der Waals surface area (Å²) in [5, 5.41) is 10.1. The number of pyridine rings is 2. The van der Waals surface area contributed by atoms with E-state index in [1.165, 1.54) is 37.1 Å². The highest BCUT2D eigenvalue weighted by Crippen LogP contribution is 2.35. The number of amides is 1. The maximum Gasteiger partial charge on any atom is 0.416 e. The lowest BCUT2D eigenvalue weighted by Gasteiger charge is -2.14. The van der Waals surface area contributed by atoms with E-state index in [1.54, 1.807) is 0 Å². The number of carbonyl (C=O) groups is 1. The van der Waals surface area contributed by atoms with Crippen molar-refractivity contribution < 1.29 is 36.2 Å². The van der Waals surface area contributed by atoms with Crippen LogP contribution in [0.4, 0.5) is 27.1 Å². The third-order valence-corrected chi connectivity index (χ3v) is 6.12. The van der Waals surface area contributed by atoms with Crippen molar-refractivity contribution in [1.29, 1.82) is 0 Å². The summed E-state index contributed by atoms with van der Waals surface area (Å²) in [6.07, 6.45) is -4.94. The standard InChI is InChI=1S/C24H18F5N5O4S/c1-34-10-16(14-7-17(20(25)26)30-9-18(14)37-2)15(8-19(34)35)21(36)31-22-32-33-23(39-22)38-11-12-3-5-13(6-4-12)24(27,28)29/h3-10,20H,11H2,1-2H3,(H,31,32,36). The van der Waals surface area contributed by atoms with Gasteiger partial charge in [0.15, 0.2) is 0 Å². The quantitative estimate of drug-likeness (QED) is 0.296. The van der Waals surface area contributed by atoms with Gasteiger partial charge in [-0.15, -0.1) is 5.10 Å². The molecule has 39 heavy (non-hydrogen) atoms. The number of hydrogen-bond donors (Lipinski definition) is 1. The van der Waals surface area contributed by atoms with Crippen molar-refractivity contribution in [2.75, 3.05) is 12.4 Å². The second-order valence-electron chi connectivity index (χ2n) is 7.97. The predicted molar refractivity (Wildman–Crippen MR) is 130 cm³/mol. The summed E-state index contributed by atoms with van der Waals surface area (Å²) >= 11 is 0.832. The highest BCUT2D eigenvalue weighted by molar-refractivity contribution is 7.17. The minimum absolute atomic E-state index is 0.0102. The van der Waals surface area contributed by atoms with Crippen LogP contribution in [0.1, 0.15) is 33.6 Å². The zero-order valence-corrected chi connectivity index (χ0v) is 20.9. The van der Waals surface area contributed by atoms with Gasteiger partial charge in [-0.1, -0.05) is 17.2 Å². The van der Waals surface area contributed by atoms with E-state index in [0.29, 0.717) is 5.56 Å². The van der Waals surface area contributed by atoms with Crippen LogP contribution in [0.15, 0.2) is 53.6 Å². The lowest BCUT2D eigenvalue weighted by Crippen LogP contribution is -2.22. The molecule has 0 unspecified atom stereocenters. The number of anilines is 1. The van der Waals surface area contributed by atoms with Crippen LogP contribution in [0.25, 0.3) is 11.1 Å². The fourth-order valence-corrected chi connectivity index (χ4v) is 3.99. The maximum absolute atomic E-state index is 13.3. The maximum atomic E-state index is 13.3. The molecule has 4 rings (SSSR count). The average Bonchev–Trinajstić information content (AvgIpc) is 3.35. The molecular weight excluding hydrogens is 549 g/mol. The average molecular weight is 567 g/mol. The number of carbonyl (C=O) groups excluding carboxylic acids is 1. The summed E-state index contributed by atoms with van der Waals surface area (Å²) < 4.78 is 76.6. The summed E-state index contributed by atoms with van der Waals surface area (Å²) in [6, 6.07) is 6.48. The third-order valence-electron chi connectivity index (χ3n) is 5.37. The molecule has 204 valence electrons. The molecule has 0 saturated heterocycles. The Morgan fingerprint density at radius 2 is 1.85 bits per heavy atom. The number of alkyl halides is 5. The molecule has 1 aromatic carbocycles. The number of rotatable bonds is 8. The smallest absolute Gasteiger partial charge is 0.416 e. The van der Waals surface area contributed by atoms with Crippen molar-refractivity contribution in [3.05, 3.63) is 81.5 Å². The van der Waals surface area contributed by atoms with Crippen molar-refractivity contribution in [2.45, 2.75) is 19.2 Å². The summed E-state index contributed by atoms with van der Waals surface area (Å²) in [5.41, 5.74) is -1.35. The first-order chi connectivity index (χ1) is 18.5. The number of nitrogens with zero attached hydrogens (tertiary/aromatic N) is 4. The number of nitrogens with one attached hydrogen (secondary N) is 1. The van der Waals surface area contributed by atoms with Gasteiger partial charge in [-0.3, -0.25) is 19.9 Å². The van der Waals surface area contributed by atoms with Crippen LogP contribution in [-0.4, -0.2) is 32.8 Å². The molecule has 0 radical (unpaired) electrons. The molecule has 4 aromatic rings. The molecule has 0 bridgehead atoms. The van der Waals surface area contributed by atoms with E-state index in [0.717, 1.165) is 41.8 Å². The van der Waals surface area contributed by atoms with Crippen LogP contribution in [0.3, 0.4) is 0 Å². The van der Waals surface area contributed by atoms with Gasteiger partial charge in [0.2, 0.25) is 5.13 Å². The molecule has 9 nitrogen and oxygen atoms in total. The molecule has 0 fully saturated rings. The molecule has 1 N–H and O–H groups in total. The van der Waals surface area contributed by atoms with Crippen LogP contribution in [0, 0.1) is 0 Å². The molecule has 0 aliphatic carbocycles. The molecule has 1 amide bonds. The van der Waals surface area contributed by atoms with E-state index in [9.17, 15) is 31.5 Å². The van der Waals surface area contributed by atoms with E-state index in [1.807, 2.05) is 0 Å². The Bertz CT molecular complexity index is 1550. The summed E-state index contributed by atoms with van der Waals surface area (Å²) in [4.78, 5) is 29.1. The first kappa shape index (κ1) is 27.6. The zero-order valence-electron chi connectivity index (χ0n) is 20.1. The number of hydrogen-bond acceptors (Lipinski definition) is 8. The Labute approximate surface area is 220 Å². The number of aromatic nitrogens is 4. The Hall–Kier alpha value is -4.40. The highest BCUT2D eigenvalue weighted by atomic mass is 32.1. The van der Waals surface area contributed by atoms with E-state index < -0.39 is 35.3 Å². The Morgan fingerprint density at radius 3 is 2.49 bits per heavy atom. The molecule has 0 aliphatic rings. The fraction of sp³-hybridized carbons (Fsp3) is 0.208. The largest absolute Gasteiger partial charge is 0.494 e. The predicted octanol–water partition coefficient (Wildman–Crippen LogP) is 5.10. The number of methoxy groups -OCH3 is 1. The van der Waals surface area contributed by atoms with E-state index in [-0.39, 0.29) is 39.4 Å². The van der Waals surface area contributed by atoms with Gasteiger partial charge in [-0.05, 0) is 35.1 Å². The monoisotopic (exact) mass is 567 g/mol. The van der Waals surface area contributed by atoms with Crippen LogP contribution >= 0.6 is 11.3 Å². The molecule has 3 heterocycles. The van der Waals surface area contributed by atoms with Crippen molar-refractivity contribution >= 4 is 22.4 Å². The molecule has 0 aliphatic heterocycles. The van der Waals surface area contributed by atoms with E-state index in [2.05, 4.69) is 20.5 Å². The molecule has 0 spiro atoms. The van der Waals surface area contributed by atoms with Gasteiger partial charge in [0.25, 0.3) is 23.1 Å². The molecular formula is C24H18F5N5O4S. The first-order valence-corrected chi connectivity index (χ1v) is 11.7. The van der Waals surface area contributed by atoms with Crippen LogP contribution in [-0.2, 0) is 19.8 Å². The minimum atomic E-state index is -4.46. The van der Waals surface area contributed by atoms with E-state index in [4.69, 9.17) is 9.47 Å². The third kappa shape index (κ3) is 6.37. The number of halogens is 5. The normalized spacial score (nSPS) is 11.5. The van der Waals surface area contributed by atoms with Crippen LogP contribution < -0.4 is 20.3 Å². The topological polar surface area (TPSA) is 108 Å². The number of aryl methyl sites for hydroxylation is 1. The summed E-state index contributed by atoms with van der Waals surface area (Å²) in [7, 11) is 2.73. The zero-order chi connectivity index (χ0) is 28.3. The lowest BCUT2D eigenvalue weighted by atomic mass is 10.0. The Morgan fingerprint density at radius 1 is 1.13 bits per heavy atom. The SMILES string of the molecule is COc1cnc(C(F)F)cc1-c1cn(C)c(=O)cc1C(=O)Nc1nnc(OCc2ccc(C(F)(F)F)cc2)s1. The van der Waals surface area contributed by atoms with Gasteiger partial charge in [0.05, 0.1) is 24.4 Å². The van der Waals surface area contributed by atoms with Gasteiger partial charge < -0.3 is 14.0 Å². The van der Waals surface area contributed by atoms with E-state index >= 15 is 0 Å². The minimum Gasteiger partial charge on any atom is -0.494 e. The van der Waals surface area contributed by atoms with Crippen molar-refractivity contribution in [3.63, 3.8) is 0 Å². The van der Waals surface area contributed by atoms with Crippen LogP contribution in [0.5, 0.6) is 10.9 Å². The van der Waals surface area contributed by atoms with Crippen molar-refractivity contribution in [1.82, 2.24) is 19.7 Å². The Kier molecular flexibility index (Phi) is 7.90.